The van der Waals surface area contributed by atoms with Crippen LogP contribution in [0, 0.1) is 11.3 Å². The summed E-state index contributed by atoms with van der Waals surface area (Å²) in [6.45, 7) is 0. The Kier molecular flexibility index (Phi) is 4.06. The van der Waals surface area contributed by atoms with Crippen molar-refractivity contribution >= 4 is 33.7 Å². The highest BCUT2D eigenvalue weighted by atomic mass is 79.9. The molecule has 1 rings (SSSR count). The van der Waals surface area contributed by atoms with Gasteiger partial charge in [-0.3, -0.25) is 0 Å². The Morgan fingerprint density at radius 3 is 2.47 bits per heavy atom. The zero-order valence-electron chi connectivity index (χ0n) is 7.88. The summed E-state index contributed by atoms with van der Waals surface area (Å²) in [6.07, 6.45) is 0. The van der Waals surface area contributed by atoms with Gasteiger partial charge in [0.2, 0.25) is 0 Å². The second-order valence-corrected chi connectivity index (χ2v) is 4.76. The third-order valence-electron chi connectivity index (χ3n) is 1.62. The van der Waals surface area contributed by atoms with Crippen LogP contribution < -0.4 is 0 Å². The fourth-order valence-corrected chi connectivity index (χ4v) is 2.55. The average Bonchev–Trinajstić information content (AvgIpc) is 2.13. The van der Waals surface area contributed by atoms with Crippen LogP contribution in [0.2, 0.25) is 0 Å². The fraction of sp³-hybridized carbons (Fsp3) is 0.111. The van der Waals surface area contributed by atoms with Gasteiger partial charge in [-0.2, -0.15) is 18.4 Å². The lowest BCUT2D eigenvalue weighted by Gasteiger charge is -2.10. The Morgan fingerprint density at radius 2 is 2.06 bits per heavy atom. The van der Waals surface area contributed by atoms with Crippen LogP contribution in [0.15, 0.2) is 21.5 Å². The lowest BCUT2D eigenvalue weighted by molar-refractivity contribution is -0.0328. The molecule has 1 aromatic carbocycles. The Morgan fingerprint density at radius 1 is 1.47 bits per heavy atom. The molecular weight excluding hydrogens is 323 g/mol. The lowest BCUT2D eigenvalue weighted by Crippen LogP contribution is -2.06. The largest absolute Gasteiger partial charge is 0.478 e. The number of carbonyl (C=O) groups is 1. The molecule has 0 aliphatic heterocycles. The molecule has 0 aliphatic carbocycles. The molecule has 0 unspecified atom stereocenters. The van der Waals surface area contributed by atoms with E-state index in [1.54, 1.807) is 6.07 Å². The normalized spacial score (nSPS) is 11.0. The number of thioether (sulfide) groups is 1. The minimum Gasteiger partial charge on any atom is -0.478 e. The van der Waals surface area contributed by atoms with Gasteiger partial charge in [-0.1, -0.05) is 0 Å². The van der Waals surface area contributed by atoms with Crippen molar-refractivity contribution in [3.8, 4) is 6.07 Å². The van der Waals surface area contributed by atoms with Gasteiger partial charge in [0, 0.05) is 9.37 Å². The maximum Gasteiger partial charge on any atom is 0.446 e. The molecule has 8 heteroatoms. The van der Waals surface area contributed by atoms with Crippen LogP contribution in [0.4, 0.5) is 13.2 Å². The van der Waals surface area contributed by atoms with Crippen LogP contribution in [-0.4, -0.2) is 16.6 Å². The Hall–Kier alpha value is -1.20. The molecule has 0 aliphatic rings. The molecule has 0 radical (unpaired) electrons. The predicted molar refractivity (Wildman–Crippen MR) is 57.7 cm³/mol. The molecule has 0 saturated heterocycles. The number of carboxylic acids is 1. The van der Waals surface area contributed by atoms with E-state index in [0.717, 1.165) is 12.1 Å². The number of halogens is 4. The van der Waals surface area contributed by atoms with Gasteiger partial charge in [-0.05, 0) is 39.8 Å². The molecule has 0 aromatic heterocycles. The van der Waals surface area contributed by atoms with Gasteiger partial charge in [-0.25, -0.2) is 4.79 Å². The van der Waals surface area contributed by atoms with Crippen molar-refractivity contribution in [2.75, 3.05) is 0 Å². The third-order valence-corrected chi connectivity index (χ3v) is 3.02. The van der Waals surface area contributed by atoms with E-state index in [4.69, 9.17) is 10.4 Å². The molecule has 90 valence electrons. The number of nitriles is 1. The van der Waals surface area contributed by atoms with Crippen LogP contribution in [0.5, 0.6) is 0 Å². The molecule has 1 N–H and O–H groups in total. The summed E-state index contributed by atoms with van der Waals surface area (Å²) in [5, 5.41) is 17.4. The summed E-state index contributed by atoms with van der Waals surface area (Å²) in [5.41, 5.74) is -5.17. The van der Waals surface area contributed by atoms with Crippen LogP contribution in [0.3, 0.4) is 0 Å². The van der Waals surface area contributed by atoms with E-state index < -0.39 is 33.7 Å². The number of rotatable bonds is 2. The first-order valence-corrected chi connectivity index (χ1v) is 5.58. The maximum absolute atomic E-state index is 12.2. The summed E-state index contributed by atoms with van der Waals surface area (Å²) in [4.78, 5) is 10.3. The molecule has 0 amide bonds. The van der Waals surface area contributed by atoms with E-state index in [-0.39, 0.29) is 10.0 Å². The molecular formula is C9H3BrF3NO2S. The molecule has 3 nitrogen and oxygen atoms in total. The zero-order chi connectivity index (χ0) is 13.2. The summed E-state index contributed by atoms with van der Waals surface area (Å²) < 4.78 is 36.6. The fourth-order valence-electron chi connectivity index (χ4n) is 1.06. The van der Waals surface area contributed by atoms with E-state index in [1.165, 1.54) is 0 Å². The number of carboxylic acid groups (broad SMARTS) is 1. The van der Waals surface area contributed by atoms with Crippen LogP contribution in [0.25, 0.3) is 0 Å². The smallest absolute Gasteiger partial charge is 0.446 e. The van der Waals surface area contributed by atoms with Crippen molar-refractivity contribution in [2.24, 2.45) is 0 Å². The predicted octanol–water partition coefficient (Wildman–Crippen LogP) is 3.63. The molecule has 0 atom stereocenters. The number of benzene rings is 1. The van der Waals surface area contributed by atoms with Crippen molar-refractivity contribution in [3.63, 3.8) is 0 Å². The first-order chi connectivity index (χ1) is 7.74. The number of nitrogens with zero attached hydrogens (tertiary/aromatic N) is 1. The van der Waals surface area contributed by atoms with Crippen LogP contribution >= 0.6 is 27.7 Å². The van der Waals surface area contributed by atoms with Gasteiger partial charge >= 0.3 is 11.5 Å². The summed E-state index contributed by atoms with van der Waals surface area (Å²) >= 11 is 2.27. The highest BCUT2D eigenvalue weighted by molar-refractivity contribution is 9.10. The Labute approximate surface area is 106 Å². The van der Waals surface area contributed by atoms with Crippen molar-refractivity contribution in [1.82, 2.24) is 0 Å². The minimum absolute atomic E-state index is 0.0476. The number of hydrogen-bond acceptors (Lipinski definition) is 3. The molecule has 0 saturated carbocycles. The third kappa shape index (κ3) is 3.64. The lowest BCUT2D eigenvalue weighted by atomic mass is 10.1. The van der Waals surface area contributed by atoms with Crippen LogP contribution in [0.1, 0.15) is 15.9 Å². The highest BCUT2D eigenvalue weighted by Crippen LogP contribution is 2.40. The second-order valence-electron chi connectivity index (χ2n) is 2.80. The molecule has 0 spiro atoms. The molecule has 1 aromatic rings. The van der Waals surface area contributed by atoms with Crippen molar-refractivity contribution < 1.29 is 23.1 Å². The Balaban J connectivity index is 3.39. The molecule has 0 fully saturated rings. The quantitative estimate of drug-likeness (QED) is 0.843. The minimum atomic E-state index is -4.61. The average molecular weight is 326 g/mol. The first kappa shape index (κ1) is 13.9. The Bertz CT molecular complexity index is 510. The highest BCUT2D eigenvalue weighted by Gasteiger charge is 2.32. The first-order valence-electron chi connectivity index (χ1n) is 3.97. The molecule has 17 heavy (non-hydrogen) atoms. The van der Waals surface area contributed by atoms with E-state index in [2.05, 4.69) is 15.9 Å². The summed E-state index contributed by atoms with van der Waals surface area (Å²) in [6, 6.07) is 3.71. The zero-order valence-corrected chi connectivity index (χ0v) is 10.3. The second kappa shape index (κ2) is 4.98. The molecule has 0 bridgehead atoms. The van der Waals surface area contributed by atoms with Crippen molar-refractivity contribution in [1.29, 1.82) is 5.26 Å². The SMILES string of the molecule is N#Cc1cc(Br)c(C(=O)O)c(SC(F)(F)F)c1. The van der Waals surface area contributed by atoms with Gasteiger partial charge in [0.05, 0.1) is 17.2 Å². The summed E-state index contributed by atoms with van der Waals surface area (Å²) in [7, 11) is 0. The van der Waals surface area contributed by atoms with Crippen LogP contribution in [-0.2, 0) is 0 Å². The van der Waals surface area contributed by atoms with E-state index in [1.807, 2.05) is 0 Å². The maximum atomic E-state index is 12.2. The van der Waals surface area contributed by atoms with Gasteiger partial charge in [-0.15, -0.1) is 0 Å². The topological polar surface area (TPSA) is 61.1 Å². The van der Waals surface area contributed by atoms with E-state index in [0.29, 0.717) is 0 Å². The monoisotopic (exact) mass is 325 g/mol. The summed E-state index contributed by atoms with van der Waals surface area (Å²) in [5.74, 6) is -1.49. The van der Waals surface area contributed by atoms with E-state index >= 15 is 0 Å². The number of alkyl halides is 3. The van der Waals surface area contributed by atoms with Crippen molar-refractivity contribution in [2.45, 2.75) is 10.4 Å². The standard InChI is InChI=1S/C9H3BrF3NO2S/c10-5-1-4(3-14)2-6(7(5)8(15)16)17-9(11,12)13/h1-2H,(H,15,16). The van der Waals surface area contributed by atoms with Gasteiger partial charge < -0.3 is 5.11 Å². The van der Waals surface area contributed by atoms with Crippen molar-refractivity contribution in [3.05, 3.63) is 27.7 Å². The van der Waals surface area contributed by atoms with E-state index in [9.17, 15) is 18.0 Å². The number of aromatic carboxylic acids is 1. The van der Waals surface area contributed by atoms with Gasteiger partial charge in [0.1, 0.15) is 0 Å². The molecule has 0 heterocycles. The van der Waals surface area contributed by atoms with Gasteiger partial charge in [0.25, 0.3) is 0 Å². The number of hydrogen-bond donors (Lipinski definition) is 1. The van der Waals surface area contributed by atoms with Gasteiger partial charge in [0.15, 0.2) is 0 Å².